The second kappa shape index (κ2) is 13.2. The van der Waals surface area contributed by atoms with Crippen LogP contribution in [0.15, 0.2) is 109 Å². The van der Waals surface area contributed by atoms with Crippen LogP contribution in [0.25, 0.3) is 54.9 Å². The van der Waals surface area contributed by atoms with Gasteiger partial charge in [-0.2, -0.15) is 0 Å². The predicted molar refractivity (Wildman–Crippen MR) is 198 cm³/mol. The van der Waals surface area contributed by atoms with E-state index < -0.39 is 0 Å². The van der Waals surface area contributed by atoms with Gasteiger partial charge in [0.25, 0.3) is 11.4 Å². The van der Waals surface area contributed by atoms with Crippen LogP contribution in [0.3, 0.4) is 0 Å². The van der Waals surface area contributed by atoms with E-state index >= 15 is 0 Å². The second-order valence-corrected chi connectivity index (χ2v) is 13.4. The summed E-state index contributed by atoms with van der Waals surface area (Å²) in [5.74, 6) is 0. The van der Waals surface area contributed by atoms with Crippen LogP contribution in [0.5, 0.6) is 0 Å². The number of benzene rings is 6. The maximum absolute atomic E-state index is 11.6. The lowest BCUT2D eigenvalue weighted by Gasteiger charge is -2.39. The van der Waals surface area contributed by atoms with E-state index in [1.54, 1.807) is 24.3 Å². The average Bonchev–Trinajstić information content (AvgIpc) is 3.28. The molecular weight excluding hydrogens is 610 g/mol. The highest BCUT2D eigenvalue weighted by Crippen LogP contribution is 2.50. The summed E-state index contributed by atoms with van der Waals surface area (Å²) in [5.41, 5.74) is 9.28. The van der Waals surface area contributed by atoms with E-state index in [-0.39, 0.29) is 21.2 Å². The molecule has 0 aromatic heterocycles. The molecule has 0 bridgehead atoms. The third-order valence-corrected chi connectivity index (χ3v) is 10.3. The van der Waals surface area contributed by atoms with Crippen LogP contribution in [0.2, 0.25) is 0 Å². The molecule has 0 aliphatic carbocycles. The third-order valence-electron chi connectivity index (χ3n) is 10.3. The zero-order chi connectivity index (χ0) is 34.1. The largest absolute Gasteiger partial charge is 0.316 e. The van der Waals surface area contributed by atoms with Gasteiger partial charge in [0.1, 0.15) is 13.1 Å². The van der Waals surface area contributed by atoms with E-state index in [9.17, 15) is 20.2 Å². The highest BCUT2D eigenvalue weighted by molar-refractivity contribution is 6.12. The van der Waals surface area contributed by atoms with E-state index in [2.05, 4.69) is 74.5 Å². The van der Waals surface area contributed by atoms with Gasteiger partial charge in [-0.25, -0.2) is 0 Å². The van der Waals surface area contributed by atoms with Crippen LogP contribution < -0.4 is 0 Å². The maximum Gasteiger partial charge on any atom is 0.269 e. The summed E-state index contributed by atoms with van der Waals surface area (Å²) in [6, 6.07) is 35.7. The Hall–Kier alpha value is -5.40. The van der Waals surface area contributed by atoms with Crippen molar-refractivity contribution >= 4 is 32.9 Å². The van der Waals surface area contributed by atoms with Gasteiger partial charge in [0.15, 0.2) is 0 Å². The van der Waals surface area contributed by atoms with Crippen LogP contribution in [-0.2, 0) is 13.1 Å². The molecule has 7 heteroatoms. The molecule has 0 unspecified atom stereocenters. The lowest BCUT2D eigenvalue weighted by Crippen LogP contribution is -2.47. The van der Waals surface area contributed by atoms with Gasteiger partial charge < -0.3 is 4.48 Å². The fraction of sp³-hybridized carbons (Fsp3) is 0.238. The first-order valence-electron chi connectivity index (χ1n) is 17.3. The Morgan fingerprint density at radius 2 is 0.959 bits per heavy atom. The van der Waals surface area contributed by atoms with Gasteiger partial charge in [-0.15, -0.1) is 0 Å². The molecule has 7 nitrogen and oxygen atoms in total. The zero-order valence-corrected chi connectivity index (χ0v) is 28.0. The predicted octanol–water partition coefficient (Wildman–Crippen LogP) is 11.2. The number of hydrogen-bond acceptors (Lipinski definition) is 4. The maximum atomic E-state index is 11.6. The summed E-state index contributed by atoms with van der Waals surface area (Å²) in [5, 5.41) is 27.8. The molecule has 0 amide bonds. The van der Waals surface area contributed by atoms with Crippen LogP contribution in [0, 0.1) is 20.2 Å². The Morgan fingerprint density at radius 3 is 1.33 bits per heavy atom. The number of unbranched alkanes of at least 4 members (excludes halogenated alkanes) is 2. The first-order valence-corrected chi connectivity index (χ1v) is 17.3. The number of nitro benzene ring substituents is 2. The molecule has 7 rings (SSSR count). The van der Waals surface area contributed by atoms with E-state index in [0.717, 1.165) is 89.4 Å². The van der Waals surface area contributed by atoms with Crippen molar-refractivity contribution in [1.82, 2.24) is 0 Å². The minimum Gasteiger partial charge on any atom is -0.316 e. The number of hydrogen-bond donors (Lipinski definition) is 0. The van der Waals surface area contributed by atoms with Gasteiger partial charge in [-0.05, 0) is 93.0 Å². The summed E-state index contributed by atoms with van der Waals surface area (Å²) >= 11 is 0. The molecule has 0 radical (unpaired) electrons. The van der Waals surface area contributed by atoms with Gasteiger partial charge in [0, 0.05) is 46.5 Å². The van der Waals surface area contributed by atoms with Gasteiger partial charge in [0.05, 0.1) is 22.9 Å². The van der Waals surface area contributed by atoms with Crippen LogP contribution in [-0.4, -0.2) is 27.4 Å². The number of quaternary nitrogens is 1. The Balaban J connectivity index is 1.63. The zero-order valence-electron chi connectivity index (χ0n) is 28.0. The first-order chi connectivity index (χ1) is 23.8. The Morgan fingerprint density at radius 1 is 0.571 bits per heavy atom. The van der Waals surface area contributed by atoms with Crippen molar-refractivity contribution < 1.29 is 14.3 Å². The van der Waals surface area contributed by atoms with Crippen molar-refractivity contribution in [2.75, 3.05) is 13.1 Å². The second-order valence-electron chi connectivity index (χ2n) is 13.4. The molecule has 0 saturated heterocycles. The molecule has 0 N–H and O–H groups in total. The fourth-order valence-electron chi connectivity index (χ4n) is 7.86. The van der Waals surface area contributed by atoms with Crippen LogP contribution >= 0.6 is 0 Å². The average molecular weight is 651 g/mol. The van der Waals surface area contributed by atoms with E-state index in [4.69, 9.17) is 0 Å². The molecule has 1 aliphatic rings. The summed E-state index contributed by atoms with van der Waals surface area (Å²) in [6.07, 6.45) is 4.36. The Bertz CT molecular complexity index is 2050. The van der Waals surface area contributed by atoms with Crippen LogP contribution in [0.4, 0.5) is 11.4 Å². The van der Waals surface area contributed by atoms with Crippen molar-refractivity contribution in [3.8, 4) is 33.4 Å². The molecule has 1 aliphatic heterocycles. The van der Waals surface area contributed by atoms with Gasteiger partial charge >= 0.3 is 0 Å². The Labute approximate surface area is 286 Å². The smallest absolute Gasteiger partial charge is 0.269 e. The number of nitro groups is 2. The van der Waals surface area contributed by atoms with Crippen molar-refractivity contribution in [2.45, 2.75) is 52.6 Å². The first kappa shape index (κ1) is 32.2. The lowest BCUT2D eigenvalue weighted by atomic mass is 9.82. The molecular formula is C42H40N3O4+. The van der Waals surface area contributed by atoms with E-state index in [1.165, 1.54) is 33.0 Å². The summed E-state index contributed by atoms with van der Waals surface area (Å²) in [7, 11) is 0. The quantitative estimate of drug-likeness (QED) is 0.0838. The third kappa shape index (κ3) is 5.95. The van der Waals surface area contributed by atoms with Crippen molar-refractivity contribution in [1.29, 1.82) is 0 Å². The van der Waals surface area contributed by atoms with E-state index in [0.29, 0.717) is 0 Å². The molecule has 6 aromatic carbocycles. The van der Waals surface area contributed by atoms with Crippen molar-refractivity contribution in [2.24, 2.45) is 0 Å². The van der Waals surface area contributed by atoms with Crippen LogP contribution in [0.1, 0.15) is 50.7 Å². The molecule has 0 atom stereocenters. The van der Waals surface area contributed by atoms with Gasteiger partial charge in [0.2, 0.25) is 0 Å². The van der Waals surface area contributed by atoms with Gasteiger partial charge in [-0.3, -0.25) is 20.2 Å². The minimum absolute atomic E-state index is 0.0794. The standard InChI is InChI=1S/C42H40N3O4/c1-3-5-23-45(24-6-4-2)27-39-37(29-15-19-33(20-16-29)43(46)47)25-31-11-7-9-13-35(31)41(39)42-36-14-10-8-12-32(36)26-38(40(42)28-45)30-17-21-34(22-18-30)44(48)49/h7-22,25-26H,3-6,23-24,27-28H2,1-2H3/q+1. The topological polar surface area (TPSA) is 86.3 Å². The molecule has 246 valence electrons. The highest BCUT2D eigenvalue weighted by atomic mass is 16.6. The summed E-state index contributed by atoms with van der Waals surface area (Å²) in [6.45, 7) is 8.20. The Kier molecular flexibility index (Phi) is 8.69. The molecule has 0 fully saturated rings. The molecule has 6 aromatic rings. The monoisotopic (exact) mass is 650 g/mol. The minimum atomic E-state index is -0.343. The van der Waals surface area contributed by atoms with Gasteiger partial charge in [-0.1, -0.05) is 75.2 Å². The van der Waals surface area contributed by atoms with Crippen molar-refractivity contribution in [3.05, 3.63) is 141 Å². The summed E-state index contributed by atoms with van der Waals surface area (Å²) in [4.78, 5) is 22.6. The van der Waals surface area contributed by atoms with Crippen molar-refractivity contribution in [3.63, 3.8) is 0 Å². The molecule has 0 saturated carbocycles. The lowest BCUT2D eigenvalue weighted by molar-refractivity contribution is -0.953. The number of non-ortho nitro benzene ring substituents is 2. The fourth-order valence-corrected chi connectivity index (χ4v) is 7.86. The molecule has 49 heavy (non-hydrogen) atoms. The SMILES string of the molecule is CCCC[N+]1(CCCC)Cc2c(-c3ccc([N+](=O)[O-])cc3)cc3ccccc3c2-c2c(c(-c3ccc([N+](=O)[O-])cc3)cc3ccccc23)C1. The number of fused-ring (bicyclic) bond motifs is 7. The van der Waals surface area contributed by atoms with E-state index in [1.807, 2.05) is 24.3 Å². The highest BCUT2D eigenvalue weighted by Gasteiger charge is 2.37. The number of nitrogens with zero attached hydrogens (tertiary/aromatic N) is 3. The summed E-state index contributed by atoms with van der Waals surface area (Å²) < 4.78 is 0.887. The molecule has 1 heterocycles. The molecule has 0 spiro atoms. The number of rotatable bonds is 10. The normalized spacial score (nSPS) is 13.5.